The highest BCUT2D eigenvalue weighted by atomic mass is 31.2. The summed E-state index contributed by atoms with van der Waals surface area (Å²) in [4.78, 5) is 76.2. The van der Waals surface area contributed by atoms with Gasteiger partial charge in [-0.1, -0.05) is 0 Å². The number of rotatable bonds is 12. The lowest BCUT2D eigenvalue weighted by Crippen LogP contribution is -2.39. The van der Waals surface area contributed by atoms with Crippen LogP contribution in [-0.2, 0) is 18.3 Å². The smallest absolute Gasteiger partial charge is 0.324 e. The first kappa shape index (κ1) is 27.5. The van der Waals surface area contributed by atoms with Gasteiger partial charge in [0.2, 0.25) is 0 Å². The van der Waals surface area contributed by atoms with Gasteiger partial charge in [-0.3, -0.25) is 18.3 Å². The van der Waals surface area contributed by atoms with E-state index < -0.39 is 54.3 Å². The fourth-order valence-electron chi connectivity index (χ4n) is 2.15. The van der Waals surface area contributed by atoms with Crippen molar-refractivity contribution in [3.05, 3.63) is 0 Å². The Morgan fingerprint density at radius 1 is 0.630 bits per heavy atom. The molecule has 0 aliphatic rings. The third-order valence-electron chi connectivity index (χ3n) is 3.48. The molecule has 0 aromatic carbocycles. The Kier molecular flexibility index (Phi) is 10.2. The van der Waals surface area contributed by atoms with Crippen molar-refractivity contribution in [3.8, 4) is 0 Å². The average Bonchev–Trinajstić information content (AvgIpc) is 2.34. The van der Waals surface area contributed by atoms with Crippen LogP contribution in [0, 0.1) is 0 Å². The van der Waals surface area contributed by atoms with E-state index >= 15 is 0 Å². The van der Waals surface area contributed by atoms with Crippen LogP contribution in [0.15, 0.2) is 0 Å². The van der Waals surface area contributed by atoms with E-state index in [2.05, 4.69) is 0 Å². The minimum absolute atomic E-state index is 0.175. The Hall–Kier alpha value is 0.520. The summed E-state index contributed by atoms with van der Waals surface area (Å²) in [5.74, 6) is 0. The molecule has 0 unspecified atom stereocenters. The maximum atomic E-state index is 11.4. The summed E-state index contributed by atoms with van der Waals surface area (Å²) >= 11 is 0. The maximum Gasteiger partial charge on any atom is 0.342 e. The lowest BCUT2D eigenvalue weighted by Gasteiger charge is -2.31. The van der Waals surface area contributed by atoms with Gasteiger partial charge in [0.15, 0.2) is 10.8 Å². The summed E-state index contributed by atoms with van der Waals surface area (Å²) in [5.41, 5.74) is 0. The van der Waals surface area contributed by atoms with Gasteiger partial charge in [0, 0.05) is 13.1 Å². The Labute approximate surface area is 155 Å². The topological polar surface area (TPSA) is 237 Å². The van der Waals surface area contributed by atoms with Crippen molar-refractivity contribution in [1.29, 1.82) is 0 Å². The van der Waals surface area contributed by atoms with Crippen molar-refractivity contribution in [2.24, 2.45) is 0 Å². The summed E-state index contributed by atoms with van der Waals surface area (Å²) in [6, 6.07) is 0. The molecular formula is C9H26N2O12P4. The molecule has 14 nitrogen and oxygen atoms in total. The number of hydrogen-bond donors (Lipinski definition) is 8. The molecule has 164 valence electrons. The van der Waals surface area contributed by atoms with E-state index in [1.165, 1.54) is 0 Å². The molecule has 0 spiro atoms. The first-order valence-corrected chi connectivity index (χ1v) is 14.1. The van der Waals surface area contributed by atoms with Crippen LogP contribution in [0.2, 0.25) is 0 Å². The third kappa shape index (κ3) is 10.7. The summed E-state index contributed by atoms with van der Waals surface area (Å²) < 4.78 is 45.7. The zero-order valence-corrected chi connectivity index (χ0v) is 18.2. The van der Waals surface area contributed by atoms with Crippen LogP contribution in [0.1, 0.15) is 6.42 Å². The molecule has 0 radical (unpaired) electrons. The van der Waals surface area contributed by atoms with Gasteiger partial charge in [0.05, 0.1) is 0 Å². The van der Waals surface area contributed by atoms with Crippen LogP contribution in [0.5, 0.6) is 0 Å². The van der Waals surface area contributed by atoms with Gasteiger partial charge >= 0.3 is 30.4 Å². The summed E-state index contributed by atoms with van der Waals surface area (Å²) in [6.07, 6.45) is 0.233. The average molecular weight is 478 g/mol. The van der Waals surface area contributed by atoms with Crippen molar-refractivity contribution in [2.45, 2.75) is 17.2 Å². The van der Waals surface area contributed by atoms with Crippen LogP contribution in [0.25, 0.3) is 0 Å². The molecule has 0 atom stereocenters. The largest absolute Gasteiger partial charge is 0.342 e. The van der Waals surface area contributed by atoms with Crippen molar-refractivity contribution >= 4 is 30.4 Å². The lowest BCUT2D eigenvalue weighted by atomic mass is 10.3. The zero-order chi connectivity index (χ0) is 21.8. The second-order valence-corrected chi connectivity index (χ2v) is 14.3. The van der Waals surface area contributed by atoms with E-state index in [4.69, 9.17) is 0 Å². The van der Waals surface area contributed by atoms with Gasteiger partial charge in [-0.15, -0.1) is 0 Å². The predicted molar refractivity (Wildman–Crippen MR) is 95.4 cm³/mol. The second kappa shape index (κ2) is 10.0. The maximum absolute atomic E-state index is 11.4. The van der Waals surface area contributed by atoms with Gasteiger partial charge in [-0.2, -0.15) is 0 Å². The summed E-state index contributed by atoms with van der Waals surface area (Å²) in [5, 5.41) is -5.00. The molecule has 0 aromatic heterocycles. The molecule has 0 saturated carbocycles. The minimum atomic E-state index is -5.33. The fourth-order valence-corrected chi connectivity index (χ4v) is 7.06. The number of nitrogens with zero attached hydrogens (tertiary/aromatic N) is 2. The van der Waals surface area contributed by atoms with Crippen LogP contribution in [0.3, 0.4) is 0 Å². The Morgan fingerprint density at radius 2 is 0.926 bits per heavy atom. The molecule has 0 aromatic rings. The van der Waals surface area contributed by atoms with E-state index in [1.807, 2.05) is 0 Å². The molecule has 0 aliphatic heterocycles. The third-order valence-corrected chi connectivity index (χ3v) is 10.8. The molecule has 0 saturated heterocycles. The van der Waals surface area contributed by atoms with Crippen LogP contribution >= 0.6 is 30.4 Å². The highest BCUT2D eigenvalue weighted by Gasteiger charge is 2.48. The van der Waals surface area contributed by atoms with Crippen molar-refractivity contribution in [1.82, 2.24) is 9.80 Å². The highest BCUT2D eigenvalue weighted by Crippen LogP contribution is 2.62. The zero-order valence-electron chi connectivity index (χ0n) is 14.6. The molecule has 0 bridgehead atoms. The van der Waals surface area contributed by atoms with Gasteiger partial charge in [-0.05, 0) is 33.6 Å². The van der Waals surface area contributed by atoms with Gasteiger partial charge in [-0.25, -0.2) is 0 Å². The highest BCUT2D eigenvalue weighted by molar-refractivity contribution is 7.71. The second-order valence-electron chi connectivity index (χ2n) is 6.23. The molecule has 18 heteroatoms. The fraction of sp³-hybridized carbons (Fsp3) is 1.00. The molecule has 0 fully saturated rings. The van der Waals surface area contributed by atoms with E-state index in [1.54, 1.807) is 19.0 Å². The van der Waals surface area contributed by atoms with Crippen molar-refractivity contribution in [3.63, 3.8) is 0 Å². The van der Waals surface area contributed by atoms with Gasteiger partial charge < -0.3 is 48.9 Å². The van der Waals surface area contributed by atoms with E-state index in [0.29, 0.717) is 6.54 Å². The number of hydrogen-bond acceptors (Lipinski definition) is 6. The standard InChI is InChI=1S/C9H26N2O12P4/c1-10(2)4-3-5-11(6-8(24(12,13)14)25(15,16)17)7-9(26(18,19)20)27(21,22)23/h8-9H,3-7H2,1-2H3,(H2,12,13,14)(H2,15,16,17)(H2,18,19,20)(H2,21,22,23). The normalized spacial score (nSPS) is 14.7. The predicted octanol–water partition coefficient (Wildman–Crippen LogP) is -1.40. The first-order chi connectivity index (χ1) is 11.8. The van der Waals surface area contributed by atoms with E-state index in [9.17, 15) is 57.4 Å². The monoisotopic (exact) mass is 478 g/mol. The summed E-state index contributed by atoms with van der Waals surface area (Å²) in [7, 11) is -17.9. The van der Waals surface area contributed by atoms with Crippen LogP contribution < -0.4 is 0 Å². The molecule has 0 amide bonds. The van der Waals surface area contributed by atoms with Gasteiger partial charge in [0.25, 0.3) is 0 Å². The summed E-state index contributed by atoms with van der Waals surface area (Å²) in [6.45, 7) is -1.81. The first-order valence-electron chi connectivity index (χ1n) is 7.34. The SMILES string of the molecule is CN(C)CCCN(CC(P(=O)(O)O)P(=O)(O)O)CC(P(=O)(O)O)P(=O)(O)O. The quantitative estimate of drug-likeness (QED) is 0.151. The lowest BCUT2D eigenvalue weighted by molar-refractivity contribution is 0.238. The van der Waals surface area contributed by atoms with E-state index in [0.717, 1.165) is 4.90 Å². The minimum Gasteiger partial charge on any atom is -0.324 e. The molecule has 0 rings (SSSR count). The van der Waals surface area contributed by atoms with Crippen molar-refractivity contribution < 1.29 is 57.4 Å². The molecule has 0 aliphatic carbocycles. The van der Waals surface area contributed by atoms with E-state index in [-0.39, 0.29) is 13.0 Å². The molecule has 27 heavy (non-hydrogen) atoms. The molecule has 8 N–H and O–H groups in total. The van der Waals surface area contributed by atoms with Crippen molar-refractivity contribution in [2.75, 3.05) is 40.3 Å². The van der Waals surface area contributed by atoms with Crippen LogP contribution in [-0.4, -0.2) is 100 Å². The van der Waals surface area contributed by atoms with Crippen LogP contribution in [0.4, 0.5) is 0 Å². The molecular weight excluding hydrogens is 452 g/mol. The van der Waals surface area contributed by atoms with Gasteiger partial charge in [0.1, 0.15) is 0 Å². The Morgan fingerprint density at radius 3 is 1.15 bits per heavy atom. The molecule has 0 heterocycles. The Bertz CT molecular complexity index is 568. The Balaban J connectivity index is 5.74.